The molecule has 1 aliphatic rings. The molecular weight excluding hydrogens is 286 g/mol. The summed E-state index contributed by atoms with van der Waals surface area (Å²) in [7, 11) is 0. The van der Waals surface area contributed by atoms with Crippen molar-refractivity contribution in [1.29, 1.82) is 0 Å². The summed E-state index contributed by atoms with van der Waals surface area (Å²) in [6.45, 7) is 6.66. The number of nitrogens with one attached hydrogen (secondary N) is 1. The molecule has 1 atom stereocenters. The molecule has 1 aromatic heterocycles. The van der Waals surface area contributed by atoms with Gasteiger partial charge in [0.25, 0.3) is 5.91 Å². The van der Waals surface area contributed by atoms with Crippen LogP contribution in [-0.4, -0.2) is 25.0 Å². The van der Waals surface area contributed by atoms with Gasteiger partial charge in [-0.25, -0.2) is 4.79 Å². The smallest absolute Gasteiger partial charge is 0.348 e. The molecule has 21 heavy (non-hydrogen) atoms. The highest BCUT2D eigenvalue weighted by atomic mass is 32.1. The number of carbonyl (C=O) groups is 2. The van der Waals surface area contributed by atoms with E-state index < -0.39 is 0 Å². The average Bonchev–Trinajstić information content (AvgIpc) is 2.85. The quantitative estimate of drug-likeness (QED) is 0.851. The van der Waals surface area contributed by atoms with Crippen LogP contribution in [0.15, 0.2) is 6.07 Å². The summed E-state index contributed by atoms with van der Waals surface area (Å²) in [4.78, 5) is 25.4. The van der Waals surface area contributed by atoms with E-state index >= 15 is 0 Å². The Labute approximate surface area is 129 Å². The van der Waals surface area contributed by atoms with E-state index in [1.165, 1.54) is 28.2 Å². The normalized spacial score (nSPS) is 17.4. The van der Waals surface area contributed by atoms with Crippen molar-refractivity contribution in [3.05, 3.63) is 21.4 Å². The van der Waals surface area contributed by atoms with Crippen LogP contribution >= 0.6 is 11.3 Å². The maximum atomic E-state index is 12.0. The lowest BCUT2D eigenvalue weighted by atomic mass is 9.90. The van der Waals surface area contributed by atoms with Gasteiger partial charge >= 0.3 is 5.97 Å². The average molecular weight is 309 g/mol. The molecule has 1 unspecified atom stereocenters. The molecule has 0 aliphatic heterocycles. The Morgan fingerprint density at radius 3 is 2.95 bits per heavy atom. The van der Waals surface area contributed by atoms with E-state index in [4.69, 9.17) is 4.74 Å². The third-order valence-electron chi connectivity index (χ3n) is 3.57. The first kappa shape index (κ1) is 16.0. The second-order valence-electron chi connectivity index (χ2n) is 6.18. The lowest BCUT2D eigenvalue weighted by Gasteiger charge is -2.16. The third kappa shape index (κ3) is 4.56. The fraction of sp³-hybridized carbons (Fsp3) is 0.625. The summed E-state index contributed by atoms with van der Waals surface area (Å²) in [5.74, 6) is 0.433. The van der Waals surface area contributed by atoms with Crippen LogP contribution in [0.2, 0.25) is 0 Å². The number of aryl methyl sites for hydroxylation is 1. The molecule has 0 aromatic carbocycles. The summed E-state index contributed by atoms with van der Waals surface area (Å²) in [6, 6.07) is 1.93. The largest absolute Gasteiger partial charge is 0.451 e. The number of carbonyl (C=O) groups excluding carboxylic acids is 2. The SMILES string of the molecule is CC(C)CNC(=O)COC(=O)c1cc2c(s1)CCC(C)C2. The van der Waals surface area contributed by atoms with Gasteiger partial charge in [-0.2, -0.15) is 0 Å². The lowest BCUT2D eigenvalue weighted by Crippen LogP contribution is -2.31. The van der Waals surface area contributed by atoms with Crippen molar-refractivity contribution in [3.8, 4) is 0 Å². The summed E-state index contributed by atoms with van der Waals surface area (Å²) >= 11 is 1.51. The maximum Gasteiger partial charge on any atom is 0.348 e. The van der Waals surface area contributed by atoms with Crippen LogP contribution < -0.4 is 5.32 Å². The van der Waals surface area contributed by atoms with Gasteiger partial charge in [0.2, 0.25) is 0 Å². The third-order valence-corrected chi connectivity index (χ3v) is 4.79. The summed E-state index contributed by atoms with van der Waals surface area (Å²) in [6.07, 6.45) is 3.26. The Morgan fingerprint density at radius 2 is 2.24 bits per heavy atom. The van der Waals surface area contributed by atoms with Crippen LogP contribution in [0.1, 0.15) is 47.3 Å². The minimum Gasteiger partial charge on any atom is -0.451 e. The number of amides is 1. The van der Waals surface area contributed by atoms with Gasteiger partial charge in [0.1, 0.15) is 4.88 Å². The predicted molar refractivity (Wildman–Crippen MR) is 83.6 cm³/mol. The number of thiophene rings is 1. The molecule has 0 spiro atoms. The van der Waals surface area contributed by atoms with Crippen LogP contribution in [0, 0.1) is 11.8 Å². The zero-order valence-corrected chi connectivity index (χ0v) is 13.7. The Morgan fingerprint density at radius 1 is 1.48 bits per heavy atom. The van der Waals surface area contributed by atoms with Gasteiger partial charge in [-0.05, 0) is 42.7 Å². The van der Waals surface area contributed by atoms with Gasteiger partial charge in [0, 0.05) is 11.4 Å². The van der Waals surface area contributed by atoms with E-state index in [-0.39, 0.29) is 18.5 Å². The number of ether oxygens (including phenoxy) is 1. The number of esters is 1. The maximum absolute atomic E-state index is 12.0. The van der Waals surface area contributed by atoms with Crippen LogP contribution in [0.25, 0.3) is 0 Å². The van der Waals surface area contributed by atoms with Gasteiger partial charge in [0.05, 0.1) is 0 Å². The first-order valence-corrected chi connectivity index (χ1v) is 8.32. The second kappa shape index (κ2) is 7.07. The number of rotatable bonds is 5. The number of hydrogen-bond donors (Lipinski definition) is 1. The second-order valence-corrected chi connectivity index (χ2v) is 7.32. The molecule has 0 saturated heterocycles. The highest BCUT2D eigenvalue weighted by Gasteiger charge is 2.21. The zero-order chi connectivity index (χ0) is 15.4. The molecule has 1 aromatic rings. The Balaban J connectivity index is 1.85. The van der Waals surface area contributed by atoms with Crippen LogP contribution in [0.3, 0.4) is 0 Å². The van der Waals surface area contributed by atoms with Crippen molar-refractivity contribution in [2.24, 2.45) is 11.8 Å². The Bertz CT molecular complexity index is 522. The predicted octanol–water partition coefficient (Wildman–Crippen LogP) is 2.80. The summed E-state index contributed by atoms with van der Waals surface area (Å²) < 4.78 is 5.09. The molecule has 0 radical (unpaired) electrons. The van der Waals surface area contributed by atoms with Gasteiger partial charge in [0.15, 0.2) is 6.61 Å². The summed E-state index contributed by atoms with van der Waals surface area (Å²) in [5.41, 5.74) is 1.27. The molecule has 0 fully saturated rings. The van der Waals surface area contributed by atoms with Gasteiger partial charge < -0.3 is 10.1 Å². The standard InChI is InChI=1S/C16H23NO3S/c1-10(2)8-17-15(18)9-20-16(19)14-7-12-6-11(3)4-5-13(12)21-14/h7,10-11H,4-6,8-9H2,1-3H3,(H,17,18). The van der Waals surface area contributed by atoms with Gasteiger partial charge in [-0.3, -0.25) is 4.79 Å². The van der Waals surface area contributed by atoms with Crippen LogP contribution in [-0.2, 0) is 22.4 Å². The minimum absolute atomic E-state index is 0.204. The van der Waals surface area contributed by atoms with Gasteiger partial charge in [-0.15, -0.1) is 11.3 Å². The molecule has 5 heteroatoms. The first-order valence-electron chi connectivity index (χ1n) is 7.51. The van der Waals surface area contributed by atoms with E-state index in [0.717, 1.165) is 12.8 Å². The molecule has 116 valence electrons. The van der Waals surface area contributed by atoms with E-state index in [1.807, 2.05) is 19.9 Å². The van der Waals surface area contributed by atoms with E-state index in [2.05, 4.69) is 12.2 Å². The number of hydrogen-bond acceptors (Lipinski definition) is 4. The molecule has 2 rings (SSSR count). The highest BCUT2D eigenvalue weighted by Crippen LogP contribution is 2.32. The molecule has 1 heterocycles. The van der Waals surface area contributed by atoms with Crippen molar-refractivity contribution >= 4 is 23.2 Å². The molecule has 0 saturated carbocycles. The topological polar surface area (TPSA) is 55.4 Å². The lowest BCUT2D eigenvalue weighted by molar-refractivity contribution is -0.124. The van der Waals surface area contributed by atoms with Crippen molar-refractivity contribution in [3.63, 3.8) is 0 Å². The fourth-order valence-electron chi connectivity index (χ4n) is 2.38. The van der Waals surface area contributed by atoms with Gasteiger partial charge in [-0.1, -0.05) is 20.8 Å². The van der Waals surface area contributed by atoms with E-state index in [1.54, 1.807) is 0 Å². The zero-order valence-electron chi connectivity index (χ0n) is 12.9. The van der Waals surface area contributed by atoms with E-state index in [9.17, 15) is 9.59 Å². The van der Waals surface area contributed by atoms with Crippen LogP contribution in [0.4, 0.5) is 0 Å². The molecular formula is C16H23NO3S. The van der Waals surface area contributed by atoms with E-state index in [0.29, 0.717) is 23.3 Å². The molecule has 1 N–H and O–H groups in total. The Hall–Kier alpha value is -1.36. The van der Waals surface area contributed by atoms with Crippen molar-refractivity contribution in [1.82, 2.24) is 5.32 Å². The molecule has 4 nitrogen and oxygen atoms in total. The molecule has 0 bridgehead atoms. The fourth-order valence-corrected chi connectivity index (χ4v) is 3.48. The van der Waals surface area contributed by atoms with Crippen molar-refractivity contribution in [2.75, 3.05) is 13.2 Å². The van der Waals surface area contributed by atoms with Crippen LogP contribution in [0.5, 0.6) is 0 Å². The first-order chi connectivity index (χ1) is 9.95. The highest BCUT2D eigenvalue weighted by molar-refractivity contribution is 7.14. The molecule has 1 aliphatic carbocycles. The minimum atomic E-state index is -0.387. The number of fused-ring (bicyclic) bond motifs is 1. The van der Waals surface area contributed by atoms with Crippen molar-refractivity contribution < 1.29 is 14.3 Å². The van der Waals surface area contributed by atoms with Crippen molar-refractivity contribution in [2.45, 2.75) is 40.0 Å². The monoisotopic (exact) mass is 309 g/mol. The Kier molecular flexibility index (Phi) is 5.39. The molecule has 1 amide bonds. The summed E-state index contributed by atoms with van der Waals surface area (Å²) in [5, 5.41) is 2.73.